The predicted octanol–water partition coefficient (Wildman–Crippen LogP) is 2.18. The molecule has 3 unspecified atom stereocenters. The van der Waals surface area contributed by atoms with Gasteiger partial charge in [0.25, 0.3) is 0 Å². The van der Waals surface area contributed by atoms with Crippen molar-refractivity contribution in [3.05, 3.63) is 0 Å². The van der Waals surface area contributed by atoms with Crippen molar-refractivity contribution in [2.75, 3.05) is 19.8 Å². The second-order valence-electron chi connectivity index (χ2n) is 5.48. The first-order valence-corrected chi connectivity index (χ1v) is 6.87. The number of ether oxygens (including phenoxy) is 1. The number of piperidine rings is 1. The third kappa shape index (κ3) is 3.19. The molecule has 0 aromatic rings. The van der Waals surface area contributed by atoms with E-state index in [4.69, 9.17) is 4.74 Å². The summed E-state index contributed by atoms with van der Waals surface area (Å²) < 4.78 is 5.52. The second-order valence-corrected chi connectivity index (χ2v) is 5.48. The molecule has 0 spiro atoms. The molecule has 2 rings (SSSR count). The van der Waals surface area contributed by atoms with Gasteiger partial charge < -0.3 is 4.74 Å². The fourth-order valence-electron chi connectivity index (χ4n) is 2.94. The summed E-state index contributed by atoms with van der Waals surface area (Å²) in [4.78, 5) is 0. The molecule has 0 amide bonds. The minimum Gasteiger partial charge on any atom is -0.381 e. The first-order valence-electron chi connectivity index (χ1n) is 6.87. The van der Waals surface area contributed by atoms with Gasteiger partial charge >= 0.3 is 0 Å². The maximum absolute atomic E-state index is 5.52. The quantitative estimate of drug-likeness (QED) is 0.798. The fourth-order valence-corrected chi connectivity index (χ4v) is 2.94. The van der Waals surface area contributed by atoms with E-state index < -0.39 is 0 Å². The van der Waals surface area contributed by atoms with E-state index in [1.54, 1.807) is 0 Å². The van der Waals surface area contributed by atoms with Crippen molar-refractivity contribution < 1.29 is 4.74 Å². The van der Waals surface area contributed by atoms with E-state index in [1.807, 2.05) is 0 Å². The van der Waals surface area contributed by atoms with Crippen LogP contribution in [-0.2, 0) is 4.74 Å². The van der Waals surface area contributed by atoms with Crippen LogP contribution in [0.3, 0.4) is 0 Å². The molecule has 2 aliphatic rings. The number of nitrogens with one attached hydrogen (secondary N) is 1. The van der Waals surface area contributed by atoms with Crippen LogP contribution < -0.4 is 5.43 Å². The molecule has 1 N–H and O–H groups in total. The van der Waals surface area contributed by atoms with Gasteiger partial charge in [0.05, 0.1) is 6.61 Å². The van der Waals surface area contributed by atoms with Crippen LogP contribution in [0.15, 0.2) is 0 Å². The zero-order valence-corrected chi connectivity index (χ0v) is 10.7. The average Bonchev–Trinajstić information content (AvgIpc) is 2.30. The van der Waals surface area contributed by atoms with Crippen LogP contribution >= 0.6 is 0 Å². The molecule has 0 aromatic heterocycles. The number of hydrazine groups is 1. The van der Waals surface area contributed by atoms with E-state index >= 15 is 0 Å². The smallest absolute Gasteiger partial charge is 0.0506 e. The zero-order chi connectivity index (χ0) is 11.4. The zero-order valence-electron chi connectivity index (χ0n) is 10.7. The normalized spacial score (nSPS) is 37.5. The Kier molecular flexibility index (Phi) is 4.62. The molecule has 3 atom stereocenters. The summed E-state index contributed by atoms with van der Waals surface area (Å²) in [5.74, 6) is 0.718. The van der Waals surface area contributed by atoms with Crippen LogP contribution in [0.25, 0.3) is 0 Å². The van der Waals surface area contributed by atoms with Crippen molar-refractivity contribution in [3.8, 4) is 0 Å². The molecule has 2 aliphatic heterocycles. The topological polar surface area (TPSA) is 24.5 Å². The Labute approximate surface area is 99.5 Å². The van der Waals surface area contributed by atoms with Crippen molar-refractivity contribution in [2.24, 2.45) is 5.92 Å². The van der Waals surface area contributed by atoms with Crippen LogP contribution in [0.5, 0.6) is 0 Å². The minimum atomic E-state index is 0.688. The molecular formula is C13H26N2O. The Morgan fingerprint density at radius 3 is 2.50 bits per heavy atom. The van der Waals surface area contributed by atoms with Gasteiger partial charge in [0.15, 0.2) is 0 Å². The first-order chi connectivity index (χ1) is 7.77. The van der Waals surface area contributed by atoms with Gasteiger partial charge in [-0.05, 0) is 45.4 Å². The molecule has 0 aromatic carbocycles. The molecule has 2 fully saturated rings. The van der Waals surface area contributed by atoms with Gasteiger partial charge in [-0.3, -0.25) is 5.43 Å². The SMILES string of the molecule is CC1CCCC(C)N1NCC1CCCOC1. The van der Waals surface area contributed by atoms with E-state index in [1.165, 1.54) is 32.1 Å². The van der Waals surface area contributed by atoms with Crippen LogP contribution in [0, 0.1) is 5.92 Å². The lowest BCUT2D eigenvalue weighted by molar-refractivity contribution is 0.0125. The maximum Gasteiger partial charge on any atom is 0.0506 e. The Bertz CT molecular complexity index is 194. The third-order valence-corrected chi connectivity index (χ3v) is 4.01. The van der Waals surface area contributed by atoms with Gasteiger partial charge in [-0.1, -0.05) is 6.42 Å². The molecular weight excluding hydrogens is 200 g/mol. The molecule has 94 valence electrons. The number of rotatable bonds is 3. The lowest BCUT2D eigenvalue weighted by Crippen LogP contribution is -2.53. The highest BCUT2D eigenvalue weighted by atomic mass is 16.5. The van der Waals surface area contributed by atoms with E-state index in [0.717, 1.165) is 25.7 Å². The molecule has 2 heterocycles. The van der Waals surface area contributed by atoms with Crippen LogP contribution in [-0.4, -0.2) is 36.9 Å². The first kappa shape index (κ1) is 12.3. The molecule has 3 heteroatoms. The Balaban J connectivity index is 1.74. The molecule has 3 nitrogen and oxygen atoms in total. The summed E-state index contributed by atoms with van der Waals surface area (Å²) in [6.45, 7) is 7.67. The van der Waals surface area contributed by atoms with Crippen LogP contribution in [0.4, 0.5) is 0 Å². The number of hydrogen-bond acceptors (Lipinski definition) is 3. The molecule has 0 bridgehead atoms. The minimum absolute atomic E-state index is 0.688. The third-order valence-electron chi connectivity index (χ3n) is 4.01. The van der Waals surface area contributed by atoms with Gasteiger partial charge in [-0.25, -0.2) is 5.01 Å². The highest BCUT2D eigenvalue weighted by molar-refractivity contribution is 4.77. The maximum atomic E-state index is 5.52. The van der Waals surface area contributed by atoms with Crippen LogP contribution in [0.1, 0.15) is 46.0 Å². The summed E-state index contributed by atoms with van der Waals surface area (Å²) in [5, 5.41) is 2.47. The largest absolute Gasteiger partial charge is 0.381 e. The summed E-state index contributed by atoms with van der Waals surface area (Å²) in [5.41, 5.74) is 3.64. The van der Waals surface area contributed by atoms with Crippen LogP contribution in [0.2, 0.25) is 0 Å². The van der Waals surface area contributed by atoms with Crippen molar-refractivity contribution in [2.45, 2.75) is 58.0 Å². The highest BCUT2D eigenvalue weighted by Crippen LogP contribution is 2.21. The summed E-state index contributed by atoms with van der Waals surface area (Å²) in [7, 11) is 0. The Hall–Kier alpha value is -0.120. The van der Waals surface area contributed by atoms with E-state index in [2.05, 4.69) is 24.3 Å². The molecule has 0 radical (unpaired) electrons. The van der Waals surface area contributed by atoms with Gasteiger partial charge in [0.2, 0.25) is 0 Å². The van der Waals surface area contributed by atoms with Crippen molar-refractivity contribution >= 4 is 0 Å². The predicted molar refractivity (Wildman–Crippen MR) is 66.2 cm³/mol. The molecule has 16 heavy (non-hydrogen) atoms. The van der Waals surface area contributed by atoms with E-state index in [0.29, 0.717) is 12.1 Å². The van der Waals surface area contributed by atoms with E-state index in [-0.39, 0.29) is 0 Å². The summed E-state index contributed by atoms with van der Waals surface area (Å²) in [6, 6.07) is 1.38. The molecule has 2 saturated heterocycles. The fraction of sp³-hybridized carbons (Fsp3) is 1.00. The van der Waals surface area contributed by atoms with Crippen molar-refractivity contribution in [1.82, 2.24) is 10.4 Å². The lowest BCUT2D eigenvalue weighted by Gasteiger charge is -2.40. The average molecular weight is 226 g/mol. The summed E-state index contributed by atoms with van der Waals surface area (Å²) in [6.07, 6.45) is 6.60. The summed E-state index contributed by atoms with van der Waals surface area (Å²) >= 11 is 0. The van der Waals surface area contributed by atoms with Crippen molar-refractivity contribution in [3.63, 3.8) is 0 Å². The molecule has 0 saturated carbocycles. The Morgan fingerprint density at radius 2 is 1.88 bits per heavy atom. The highest BCUT2D eigenvalue weighted by Gasteiger charge is 2.25. The van der Waals surface area contributed by atoms with E-state index in [9.17, 15) is 0 Å². The monoisotopic (exact) mass is 226 g/mol. The second kappa shape index (κ2) is 5.99. The lowest BCUT2D eigenvalue weighted by atomic mass is 9.99. The van der Waals surface area contributed by atoms with Crippen molar-refractivity contribution in [1.29, 1.82) is 0 Å². The number of nitrogens with zero attached hydrogens (tertiary/aromatic N) is 1. The van der Waals surface area contributed by atoms with Gasteiger partial charge in [-0.2, -0.15) is 0 Å². The number of hydrogen-bond donors (Lipinski definition) is 1. The van der Waals surface area contributed by atoms with Gasteiger partial charge in [0.1, 0.15) is 0 Å². The van der Waals surface area contributed by atoms with Gasteiger partial charge in [-0.15, -0.1) is 0 Å². The Morgan fingerprint density at radius 1 is 1.12 bits per heavy atom. The molecule has 0 aliphatic carbocycles. The van der Waals surface area contributed by atoms with Gasteiger partial charge in [0, 0.05) is 25.2 Å². The standard InChI is InChI=1S/C13H26N2O/c1-11-5-3-6-12(2)15(11)14-9-13-7-4-8-16-10-13/h11-14H,3-10H2,1-2H3.